The predicted octanol–water partition coefficient (Wildman–Crippen LogP) is 3.54. The van der Waals surface area contributed by atoms with Crippen molar-refractivity contribution >= 4 is 21.7 Å². The number of nitriles is 1. The van der Waals surface area contributed by atoms with E-state index >= 15 is 0 Å². The molecule has 1 saturated heterocycles. The fourth-order valence-corrected chi connectivity index (χ4v) is 6.08. The van der Waals surface area contributed by atoms with Gasteiger partial charge in [0.2, 0.25) is 10.0 Å². The summed E-state index contributed by atoms with van der Waals surface area (Å²) in [7, 11) is 1.04. The van der Waals surface area contributed by atoms with Crippen LogP contribution in [0.5, 0.6) is 0 Å². The number of sulfonamides is 1. The Balaban J connectivity index is 1.65. The first-order chi connectivity index (χ1) is 20.6. The van der Waals surface area contributed by atoms with Crippen molar-refractivity contribution in [2.24, 2.45) is 0 Å². The number of hydrogen-bond donors (Lipinski definition) is 0. The summed E-state index contributed by atoms with van der Waals surface area (Å²) in [6.45, 7) is 0.0653. The number of carbonyl (C=O) groups is 2. The Morgan fingerprint density at radius 1 is 0.907 bits per heavy atom. The molecule has 2 aromatic carbocycles. The van der Waals surface area contributed by atoms with E-state index in [0.29, 0.717) is 33.6 Å². The standard InChI is InChI=1S/C32H28N6O4S/c1-36(2)43(41,42)28-10-6-24(7-11-28)22-38-30(20-29(39)25-8-4-23(21-33)5-9-25)37(3)32(31(38)40,26-12-16-34-17-13-26)27-14-18-35-19-15-27/h4-20H,22H2,1-3H3. The van der Waals surface area contributed by atoms with Gasteiger partial charge in [0.25, 0.3) is 5.91 Å². The molecule has 3 heterocycles. The highest BCUT2D eigenvalue weighted by molar-refractivity contribution is 7.89. The monoisotopic (exact) mass is 592 g/mol. The maximum atomic E-state index is 14.7. The lowest BCUT2D eigenvalue weighted by atomic mass is 9.82. The lowest BCUT2D eigenvalue weighted by molar-refractivity contribution is -0.132. The van der Waals surface area contributed by atoms with Crippen molar-refractivity contribution in [1.29, 1.82) is 5.26 Å². The van der Waals surface area contributed by atoms with Crippen LogP contribution >= 0.6 is 0 Å². The summed E-state index contributed by atoms with van der Waals surface area (Å²) in [5.41, 5.74) is 1.39. The molecule has 0 aliphatic carbocycles. The molecule has 4 aromatic rings. The first-order valence-electron chi connectivity index (χ1n) is 13.2. The van der Waals surface area contributed by atoms with Crippen LogP contribution in [0, 0.1) is 11.3 Å². The van der Waals surface area contributed by atoms with Gasteiger partial charge in [-0.3, -0.25) is 24.5 Å². The number of amides is 1. The molecule has 216 valence electrons. The highest BCUT2D eigenvalue weighted by Crippen LogP contribution is 2.46. The van der Waals surface area contributed by atoms with Crippen LogP contribution in [0.3, 0.4) is 0 Å². The summed E-state index contributed by atoms with van der Waals surface area (Å²) in [5.74, 6) is -0.314. The number of benzene rings is 2. The van der Waals surface area contributed by atoms with Crippen molar-refractivity contribution in [2.45, 2.75) is 17.0 Å². The van der Waals surface area contributed by atoms with E-state index < -0.39 is 15.6 Å². The van der Waals surface area contributed by atoms with Crippen LogP contribution in [0.1, 0.15) is 32.6 Å². The molecule has 11 heteroatoms. The molecule has 43 heavy (non-hydrogen) atoms. The highest BCUT2D eigenvalue weighted by atomic mass is 32.2. The van der Waals surface area contributed by atoms with Gasteiger partial charge >= 0.3 is 0 Å². The number of allylic oxidation sites excluding steroid dienone is 1. The molecule has 1 amide bonds. The molecular weight excluding hydrogens is 564 g/mol. The number of likely N-dealkylation sites (N-methyl/N-ethyl adjacent to an activating group) is 1. The lowest BCUT2D eigenvalue weighted by Crippen LogP contribution is -2.45. The topological polar surface area (TPSA) is 128 Å². The minimum atomic E-state index is -3.64. The van der Waals surface area contributed by atoms with Crippen LogP contribution in [-0.2, 0) is 26.9 Å². The van der Waals surface area contributed by atoms with E-state index in [4.69, 9.17) is 5.26 Å². The molecule has 5 rings (SSSR count). The smallest absolute Gasteiger partial charge is 0.263 e. The van der Waals surface area contributed by atoms with E-state index in [9.17, 15) is 18.0 Å². The van der Waals surface area contributed by atoms with E-state index in [1.807, 2.05) is 6.07 Å². The summed E-state index contributed by atoms with van der Waals surface area (Å²) in [4.78, 5) is 40.0. The van der Waals surface area contributed by atoms with E-state index in [-0.39, 0.29) is 23.1 Å². The summed E-state index contributed by atoms with van der Waals surface area (Å²) in [6.07, 6.45) is 7.84. The number of aromatic nitrogens is 2. The normalized spacial score (nSPS) is 15.6. The number of hydrogen-bond acceptors (Lipinski definition) is 8. The minimum absolute atomic E-state index is 0.0653. The van der Waals surface area contributed by atoms with Crippen LogP contribution in [0.25, 0.3) is 0 Å². The Morgan fingerprint density at radius 2 is 1.44 bits per heavy atom. The van der Waals surface area contributed by atoms with Crippen molar-refractivity contribution in [2.75, 3.05) is 21.1 Å². The van der Waals surface area contributed by atoms with Crippen LogP contribution in [0.4, 0.5) is 0 Å². The molecule has 1 fully saturated rings. The number of nitrogens with zero attached hydrogens (tertiary/aromatic N) is 6. The van der Waals surface area contributed by atoms with Crippen molar-refractivity contribution in [3.8, 4) is 6.07 Å². The molecule has 10 nitrogen and oxygen atoms in total. The van der Waals surface area contributed by atoms with Gasteiger partial charge in [0.1, 0.15) is 5.82 Å². The molecule has 0 atom stereocenters. The molecule has 0 saturated carbocycles. The Labute approximate surface area is 250 Å². The number of rotatable bonds is 8. The molecule has 0 bridgehead atoms. The molecule has 0 spiro atoms. The number of ketones is 1. The second-order valence-electron chi connectivity index (χ2n) is 10.1. The molecule has 0 unspecified atom stereocenters. The predicted molar refractivity (Wildman–Crippen MR) is 158 cm³/mol. The first-order valence-corrected chi connectivity index (χ1v) is 14.7. The van der Waals surface area contributed by atoms with Crippen LogP contribution in [0.2, 0.25) is 0 Å². The molecule has 0 radical (unpaired) electrons. The fraction of sp³-hybridized carbons (Fsp3) is 0.156. The van der Waals surface area contributed by atoms with Crippen LogP contribution in [0.15, 0.2) is 114 Å². The van der Waals surface area contributed by atoms with Crippen molar-refractivity contribution in [1.82, 2.24) is 24.1 Å². The fourth-order valence-electron chi connectivity index (χ4n) is 5.18. The Bertz CT molecular complexity index is 1790. The van der Waals surface area contributed by atoms with E-state index in [2.05, 4.69) is 9.97 Å². The summed E-state index contributed by atoms with van der Waals surface area (Å²) >= 11 is 0. The van der Waals surface area contributed by atoms with E-state index in [1.165, 1.54) is 37.2 Å². The summed E-state index contributed by atoms with van der Waals surface area (Å²) < 4.78 is 26.4. The lowest BCUT2D eigenvalue weighted by Gasteiger charge is -2.35. The number of pyridine rings is 2. The zero-order valence-corrected chi connectivity index (χ0v) is 24.6. The Hall–Kier alpha value is -5.18. The van der Waals surface area contributed by atoms with Gasteiger partial charge in [-0.15, -0.1) is 0 Å². The Kier molecular flexibility index (Phi) is 7.91. The van der Waals surface area contributed by atoms with Gasteiger partial charge in [0.15, 0.2) is 11.3 Å². The highest BCUT2D eigenvalue weighted by Gasteiger charge is 2.56. The van der Waals surface area contributed by atoms with E-state index in [1.54, 1.807) is 97.4 Å². The SMILES string of the molecule is CN1C(=CC(=O)c2ccc(C#N)cc2)N(Cc2ccc(S(=O)(=O)N(C)C)cc2)C(=O)C1(c1ccncc1)c1ccncc1. The quantitative estimate of drug-likeness (QED) is 0.225. The van der Waals surface area contributed by atoms with Crippen LogP contribution in [-0.4, -0.2) is 65.3 Å². The average Bonchev–Trinajstić information content (AvgIpc) is 3.23. The third-order valence-electron chi connectivity index (χ3n) is 7.48. The largest absolute Gasteiger partial charge is 0.339 e. The second-order valence-corrected chi connectivity index (χ2v) is 12.3. The molecule has 0 N–H and O–H groups in total. The van der Waals surface area contributed by atoms with Crippen LogP contribution < -0.4 is 0 Å². The Morgan fingerprint density at radius 3 is 1.93 bits per heavy atom. The molecular formula is C32H28N6O4S. The second kappa shape index (κ2) is 11.6. The zero-order valence-electron chi connectivity index (χ0n) is 23.7. The molecule has 2 aromatic heterocycles. The minimum Gasteiger partial charge on any atom is -0.339 e. The van der Waals surface area contributed by atoms with Gasteiger partial charge in [-0.05, 0) is 77.4 Å². The van der Waals surface area contributed by atoms with Gasteiger partial charge < -0.3 is 4.90 Å². The van der Waals surface area contributed by atoms with Crippen molar-refractivity contribution in [3.63, 3.8) is 0 Å². The molecule has 1 aliphatic rings. The third-order valence-corrected chi connectivity index (χ3v) is 9.30. The van der Waals surface area contributed by atoms with E-state index in [0.717, 1.165) is 4.31 Å². The maximum Gasteiger partial charge on any atom is 0.263 e. The average molecular weight is 593 g/mol. The summed E-state index contributed by atoms with van der Waals surface area (Å²) in [6, 6.07) is 21.7. The maximum absolute atomic E-state index is 14.7. The van der Waals surface area contributed by atoms with Gasteiger partial charge in [-0.25, -0.2) is 12.7 Å². The molecule has 1 aliphatic heterocycles. The van der Waals surface area contributed by atoms with Gasteiger partial charge in [0, 0.05) is 57.6 Å². The van der Waals surface area contributed by atoms with Crippen molar-refractivity contribution in [3.05, 3.63) is 137 Å². The number of carbonyl (C=O) groups excluding carboxylic acids is 2. The van der Waals surface area contributed by atoms with Crippen molar-refractivity contribution < 1.29 is 18.0 Å². The third kappa shape index (κ3) is 5.18. The zero-order chi connectivity index (χ0) is 30.8. The van der Waals surface area contributed by atoms with Gasteiger partial charge in [-0.2, -0.15) is 5.26 Å². The first kappa shape index (κ1) is 29.3. The van der Waals surface area contributed by atoms with Gasteiger partial charge in [0.05, 0.1) is 23.1 Å². The summed E-state index contributed by atoms with van der Waals surface area (Å²) in [5, 5.41) is 9.16. The van der Waals surface area contributed by atoms with Gasteiger partial charge in [-0.1, -0.05) is 12.1 Å².